The van der Waals surface area contributed by atoms with Crippen LogP contribution in [0.1, 0.15) is 51.1 Å². The zero-order valence-corrected chi connectivity index (χ0v) is 14.8. The van der Waals surface area contributed by atoms with Gasteiger partial charge in [-0.15, -0.1) is 0 Å². The van der Waals surface area contributed by atoms with Crippen LogP contribution in [0, 0.1) is 13.8 Å². The standard InChI is InChI=1S/C16H16N2.2C2H6/c1-10-11(2)17-13-7-5-9-18-14-8-4-3-6-12(14)15(10)16(13)18;2*1-2/h3-4,6,8H,5,7,9H2,1-2H3;2*1-2H3. The van der Waals surface area contributed by atoms with E-state index in [0.29, 0.717) is 0 Å². The van der Waals surface area contributed by atoms with Crippen LogP contribution in [0.4, 0.5) is 0 Å². The molecule has 0 fully saturated rings. The average molecular weight is 296 g/mol. The van der Waals surface area contributed by atoms with Gasteiger partial charge in [0.2, 0.25) is 0 Å². The summed E-state index contributed by atoms with van der Waals surface area (Å²) in [4.78, 5) is 4.81. The van der Waals surface area contributed by atoms with Crippen LogP contribution in [-0.4, -0.2) is 9.55 Å². The largest absolute Gasteiger partial charge is 0.339 e. The first-order chi connectivity index (χ1) is 10.8. The molecule has 0 bridgehead atoms. The Labute approximate surface area is 134 Å². The molecule has 0 radical (unpaired) electrons. The van der Waals surface area contributed by atoms with E-state index in [9.17, 15) is 0 Å². The summed E-state index contributed by atoms with van der Waals surface area (Å²) in [6, 6.07) is 8.75. The maximum atomic E-state index is 4.81. The van der Waals surface area contributed by atoms with Crippen LogP contribution in [0.5, 0.6) is 0 Å². The number of aryl methyl sites for hydroxylation is 4. The molecule has 0 aliphatic carbocycles. The van der Waals surface area contributed by atoms with E-state index in [2.05, 4.69) is 42.7 Å². The fourth-order valence-electron chi connectivity index (χ4n) is 3.31. The summed E-state index contributed by atoms with van der Waals surface area (Å²) in [6.45, 7) is 13.5. The Kier molecular flexibility index (Phi) is 5.23. The molecule has 1 aliphatic rings. The Morgan fingerprint density at radius 3 is 2.41 bits per heavy atom. The summed E-state index contributed by atoms with van der Waals surface area (Å²) in [6.07, 6.45) is 2.32. The summed E-state index contributed by atoms with van der Waals surface area (Å²) in [5, 5.41) is 2.81. The molecule has 1 aromatic carbocycles. The Morgan fingerprint density at radius 1 is 1.00 bits per heavy atom. The van der Waals surface area contributed by atoms with Crippen molar-refractivity contribution in [1.29, 1.82) is 0 Å². The first kappa shape index (κ1) is 16.5. The third-order valence-electron chi connectivity index (χ3n) is 4.26. The fraction of sp³-hybridized carbons (Fsp3) is 0.450. The summed E-state index contributed by atoms with van der Waals surface area (Å²) in [7, 11) is 0. The van der Waals surface area contributed by atoms with Gasteiger partial charge in [-0.1, -0.05) is 45.9 Å². The summed E-state index contributed by atoms with van der Waals surface area (Å²) >= 11 is 0. The van der Waals surface area contributed by atoms with E-state index in [4.69, 9.17) is 4.98 Å². The molecule has 0 N–H and O–H groups in total. The molecular weight excluding hydrogens is 268 g/mol. The third-order valence-corrected chi connectivity index (χ3v) is 4.26. The van der Waals surface area contributed by atoms with E-state index in [1.54, 1.807) is 0 Å². The predicted octanol–water partition coefficient (Wildman–Crippen LogP) is 5.80. The molecule has 3 aromatic rings. The molecule has 0 saturated carbocycles. The number of aromatic nitrogens is 2. The second-order valence-electron chi connectivity index (χ2n) is 5.26. The highest BCUT2D eigenvalue weighted by Crippen LogP contribution is 2.36. The Bertz CT molecular complexity index is 781. The highest BCUT2D eigenvalue weighted by molar-refractivity contribution is 6.10. The second kappa shape index (κ2) is 6.95. The van der Waals surface area contributed by atoms with Gasteiger partial charge in [-0.05, 0) is 38.3 Å². The van der Waals surface area contributed by atoms with Crippen molar-refractivity contribution in [2.75, 3.05) is 0 Å². The van der Waals surface area contributed by atoms with Crippen LogP contribution in [-0.2, 0) is 13.0 Å². The van der Waals surface area contributed by atoms with E-state index in [-0.39, 0.29) is 0 Å². The van der Waals surface area contributed by atoms with Gasteiger partial charge in [-0.3, -0.25) is 4.98 Å². The Morgan fingerprint density at radius 2 is 1.68 bits per heavy atom. The lowest BCUT2D eigenvalue weighted by atomic mass is 10.0. The van der Waals surface area contributed by atoms with Gasteiger partial charge in [-0.2, -0.15) is 0 Å². The van der Waals surface area contributed by atoms with Gasteiger partial charge in [0.25, 0.3) is 0 Å². The van der Waals surface area contributed by atoms with E-state index in [1.807, 2.05) is 27.7 Å². The number of benzene rings is 1. The normalized spacial score (nSPS) is 12.5. The first-order valence-corrected chi connectivity index (χ1v) is 8.64. The first-order valence-electron chi connectivity index (χ1n) is 8.64. The Balaban J connectivity index is 0.000000410. The van der Waals surface area contributed by atoms with Gasteiger partial charge in [0.1, 0.15) is 0 Å². The molecule has 118 valence electrons. The van der Waals surface area contributed by atoms with Crippen LogP contribution in [0.3, 0.4) is 0 Å². The molecule has 2 heteroatoms. The maximum Gasteiger partial charge on any atom is 0.0713 e. The number of nitrogens with zero attached hydrogens (tertiary/aromatic N) is 2. The molecule has 0 spiro atoms. The molecule has 0 unspecified atom stereocenters. The minimum Gasteiger partial charge on any atom is -0.339 e. The van der Waals surface area contributed by atoms with Gasteiger partial charge in [0.15, 0.2) is 0 Å². The van der Waals surface area contributed by atoms with Crippen molar-refractivity contribution in [3.63, 3.8) is 0 Å². The van der Waals surface area contributed by atoms with Crippen LogP contribution < -0.4 is 0 Å². The number of rotatable bonds is 0. The molecule has 2 aromatic heterocycles. The smallest absolute Gasteiger partial charge is 0.0713 e. The van der Waals surface area contributed by atoms with Crippen LogP contribution in [0.15, 0.2) is 24.3 Å². The number of para-hydroxylation sites is 1. The molecular formula is C20H28N2. The van der Waals surface area contributed by atoms with Crippen molar-refractivity contribution in [3.8, 4) is 0 Å². The molecule has 0 saturated heterocycles. The zero-order chi connectivity index (χ0) is 16.3. The molecule has 4 rings (SSSR count). The van der Waals surface area contributed by atoms with Gasteiger partial charge in [-0.25, -0.2) is 0 Å². The third kappa shape index (κ3) is 2.41. The number of hydrogen-bond acceptors (Lipinski definition) is 1. The predicted molar refractivity (Wildman–Crippen MR) is 97.7 cm³/mol. The minimum absolute atomic E-state index is 1.12. The van der Waals surface area contributed by atoms with Crippen molar-refractivity contribution in [2.45, 2.75) is 60.9 Å². The molecule has 3 heterocycles. The molecule has 0 atom stereocenters. The van der Waals surface area contributed by atoms with Crippen LogP contribution in [0.25, 0.3) is 21.8 Å². The van der Waals surface area contributed by atoms with Gasteiger partial charge >= 0.3 is 0 Å². The van der Waals surface area contributed by atoms with E-state index < -0.39 is 0 Å². The molecule has 0 amide bonds. The lowest BCUT2D eigenvalue weighted by molar-refractivity contribution is 0.639. The lowest BCUT2D eigenvalue weighted by Gasteiger charge is -2.17. The lowest BCUT2D eigenvalue weighted by Crippen LogP contribution is -2.10. The molecule has 22 heavy (non-hydrogen) atoms. The zero-order valence-electron chi connectivity index (χ0n) is 14.8. The van der Waals surface area contributed by atoms with Crippen LogP contribution in [0.2, 0.25) is 0 Å². The van der Waals surface area contributed by atoms with Crippen LogP contribution >= 0.6 is 0 Å². The second-order valence-corrected chi connectivity index (χ2v) is 5.26. The number of hydrogen-bond donors (Lipinski definition) is 0. The number of pyridine rings is 1. The summed E-state index contributed by atoms with van der Waals surface area (Å²) < 4.78 is 2.46. The monoisotopic (exact) mass is 296 g/mol. The van der Waals surface area contributed by atoms with Crippen molar-refractivity contribution in [2.24, 2.45) is 0 Å². The average Bonchev–Trinajstić information content (AvgIpc) is 2.93. The highest BCUT2D eigenvalue weighted by Gasteiger charge is 2.20. The van der Waals surface area contributed by atoms with Crippen molar-refractivity contribution >= 4 is 21.8 Å². The van der Waals surface area contributed by atoms with Crippen molar-refractivity contribution in [3.05, 3.63) is 41.2 Å². The quantitative estimate of drug-likeness (QED) is 0.512. The SMILES string of the molecule is CC.CC.Cc1nc2c3c(c1C)c1ccccc1n3CCC2. The minimum atomic E-state index is 1.12. The summed E-state index contributed by atoms with van der Waals surface area (Å²) in [5.41, 5.74) is 6.55. The molecule has 2 nitrogen and oxygen atoms in total. The van der Waals surface area contributed by atoms with E-state index >= 15 is 0 Å². The fourth-order valence-corrected chi connectivity index (χ4v) is 3.31. The van der Waals surface area contributed by atoms with E-state index in [1.165, 1.54) is 45.2 Å². The summed E-state index contributed by atoms with van der Waals surface area (Å²) in [5.74, 6) is 0. The molecule has 1 aliphatic heterocycles. The topological polar surface area (TPSA) is 17.8 Å². The van der Waals surface area contributed by atoms with Gasteiger partial charge in [0.05, 0.1) is 11.2 Å². The van der Waals surface area contributed by atoms with Crippen molar-refractivity contribution in [1.82, 2.24) is 9.55 Å². The van der Waals surface area contributed by atoms with Gasteiger partial charge < -0.3 is 4.57 Å². The maximum absolute atomic E-state index is 4.81. The number of fused-ring (bicyclic) bond motifs is 3. The van der Waals surface area contributed by atoms with E-state index in [0.717, 1.165) is 13.0 Å². The Hall–Kier alpha value is -1.83. The van der Waals surface area contributed by atoms with Crippen molar-refractivity contribution < 1.29 is 0 Å². The highest BCUT2D eigenvalue weighted by atomic mass is 15.0. The van der Waals surface area contributed by atoms with Gasteiger partial charge in [0, 0.05) is 28.5 Å².